The summed E-state index contributed by atoms with van der Waals surface area (Å²) in [4.78, 5) is 42.0. The lowest BCUT2D eigenvalue weighted by atomic mass is 9.87. The van der Waals surface area contributed by atoms with E-state index in [1.165, 1.54) is 0 Å². The first kappa shape index (κ1) is 20.6. The van der Waals surface area contributed by atoms with E-state index in [1.807, 2.05) is 86.6 Å². The van der Waals surface area contributed by atoms with Crippen LogP contribution in [0.4, 0.5) is 10.5 Å². The first-order valence-corrected chi connectivity index (χ1v) is 10.5. The Kier molecular flexibility index (Phi) is 5.46. The minimum Gasteiger partial charge on any atom is -0.319 e. The largest absolute Gasteiger partial charge is 0.325 e. The highest BCUT2D eigenvalue weighted by atomic mass is 16.2. The number of benzene rings is 3. The first-order valence-electron chi connectivity index (χ1n) is 10.5. The highest BCUT2D eigenvalue weighted by Gasteiger charge is 2.51. The fraction of sp³-hybridized carbons (Fsp3) is 0.240. The quantitative estimate of drug-likeness (QED) is 0.618. The zero-order valence-corrected chi connectivity index (χ0v) is 17.7. The van der Waals surface area contributed by atoms with Crippen molar-refractivity contribution in [1.82, 2.24) is 10.2 Å². The summed E-state index contributed by atoms with van der Waals surface area (Å²) >= 11 is 0. The van der Waals surface area contributed by atoms with Crippen LogP contribution in [0.1, 0.15) is 25.8 Å². The van der Waals surface area contributed by atoms with Crippen LogP contribution in [0.2, 0.25) is 0 Å². The summed E-state index contributed by atoms with van der Waals surface area (Å²) in [7, 11) is 0. The molecule has 1 fully saturated rings. The molecule has 3 aromatic carbocycles. The Morgan fingerprint density at radius 3 is 2.32 bits per heavy atom. The van der Waals surface area contributed by atoms with Crippen LogP contribution < -0.4 is 10.2 Å². The zero-order chi connectivity index (χ0) is 22.0. The predicted molar refractivity (Wildman–Crippen MR) is 121 cm³/mol. The summed E-state index contributed by atoms with van der Waals surface area (Å²) < 4.78 is 0. The molecular formula is C25H25N3O3. The fourth-order valence-electron chi connectivity index (χ4n) is 4.28. The van der Waals surface area contributed by atoms with Crippen molar-refractivity contribution in [2.24, 2.45) is 0 Å². The maximum absolute atomic E-state index is 13.3. The van der Waals surface area contributed by atoms with Crippen LogP contribution in [0, 0.1) is 0 Å². The predicted octanol–water partition coefficient (Wildman–Crippen LogP) is 4.05. The number of imide groups is 1. The molecule has 4 amide bonds. The molecule has 3 aromatic rings. The minimum absolute atomic E-state index is 0.303. The first-order chi connectivity index (χ1) is 15.0. The van der Waals surface area contributed by atoms with Crippen molar-refractivity contribution in [3.63, 3.8) is 0 Å². The van der Waals surface area contributed by atoms with E-state index in [2.05, 4.69) is 5.32 Å². The Bertz CT molecular complexity index is 1140. The van der Waals surface area contributed by atoms with Crippen molar-refractivity contribution in [1.29, 1.82) is 0 Å². The minimum atomic E-state index is -1.14. The van der Waals surface area contributed by atoms with E-state index < -0.39 is 17.5 Å². The third kappa shape index (κ3) is 3.44. The number of urea groups is 1. The molecule has 1 atom stereocenters. The molecule has 1 N–H and O–H groups in total. The molecule has 0 saturated carbocycles. The van der Waals surface area contributed by atoms with Crippen LogP contribution in [-0.4, -0.2) is 35.8 Å². The summed E-state index contributed by atoms with van der Waals surface area (Å²) in [6.07, 6.45) is 0.396. The molecule has 1 aliphatic heterocycles. The third-order valence-corrected chi connectivity index (χ3v) is 5.94. The van der Waals surface area contributed by atoms with Gasteiger partial charge < -0.3 is 10.2 Å². The van der Waals surface area contributed by atoms with Gasteiger partial charge in [0.2, 0.25) is 5.91 Å². The molecule has 1 heterocycles. The van der Waals surface area contributed by atoms with Crippen LogP contribution in [0.3, 0.4) is 0 Å². The molecule has 0 radical (unpaired) electrons. The fourth-order valence-corrected chi connectivity index (χ4v) is 4.28. The smallest absolute Gasteiger partial charge is 0.319 e. The van der Waals surface area contributed by atoms with Crippen molar-refractivity contribution in [3.8, 4) is 0 Å². The van der Waals surface area contributed by atoms with Crippen molar-refractivity contribution in [3.05, 3.63) is 78.4 Å². The number of fused-ring (bicyclic) bond motifs is 1. The number of likely N-dealkylation sites (N-methyl/N-ethyl adjacent to an activating group) is 1. The standard InChI is InChI=1S/C25H25N3O3/c1-3-25(19-13-6-5-7-14-19)23(30)28(24(31)26-25)17-22(29)27(4-2)21-16-10-12-18-11-8-9-15-20(18)21/h5-16H,3-4,17H2,1-2H3,(H,26,31). The molecule has 158 valence electrons. The zero-order valence-electron chi connectivity index (χ0n) is 17.7. The Labute approximate surface area is 181 Å². The SMILES string of the molecule is CCN(C(=O)CN1C(=O)NC(CC)(c2ccccc2)C1=O)c1cccc2ccccc12. The van der Waals surface area contributed by atoms with E-state index in [9.17, 15) is 14.4 Å². The van der Waals surface area contributed by atoms with Gasteiger partial charge in [-0.15, -0.1) is 0 Å². The molecule has 0 spiro atoms. The molecule has 31 heavy (non-hydrogen) atoms. The molecule has 0 aromatic heterocycles. The number of hydrogen-bond donors (Lipinski definition) is 1. The third-order valence-electron chi connectivity index (χ3n) is 5.94. The average molecular weight is 415 g/mol. The average Bonchev–Trinajstić information content (AvgIpc) is 3.05. The van der Waals surface area contributed by atoms with Crippen molar-refractivity contribution >= 4 is 34.3 Å². The van der Waals surface area contributed by atoms with Crippen molar-refractivity contribution in [2.45, 2.75) is 25.8 Å². The van der Waals surface area contributed by atoms with Crippen LogP contribution in [0.15, 0.2) is 72.8 Å². The second-order valence-corrected chi connectivity index (χ2v) is 7.58. The number of nitrogens with zero attached hydrogens (tertiary/aromatic N) is 2. The van der Waals surface area contributed by atoms with Gasteiger partial charge in [-0.2, -0.15) is 0 Å². The van der Waals surface area contributed by atoms with E-state index >= 15 is 0 Å². The maximum Gasteiger partial charge on any atom is 0.325 e. The number of carbonyl (C=O) groups excluding carboxylic acids is 3. The summed E-state index contributed by atoms with van der Waals surface area (Å²) in [6.45, 7) is 3.85. The number of amides is 4. The number of anilines is 1. The van der Waals surface area contributed by atoms with E-state index in [-0.39, 0.29) is 12.5 Å². The van der Waals surface area contributed by atoms with Gasteiger partial charge in [-0.25, -0.2) is 4.79 Å². The van der Waals surface area contributed by atoms with Crippen molar-refractivity contribution in [2.75, 3.05) is 18.0 Å². The molecule has 1 unspecified atom stereocenters. The molecule has 0 bridgehead atoms. The summed E-state index contributed by atoms with van der Waals surface area (Å²) in [5.41, 5.74) is 0.337. The monoisotopic (exact) mass is 415 g/mol. The van der Waals surface area contributed by atoms with Gasteiger partial charge in [0.15, 0.2) is 0 Å². The van der Waals surface area contributed by atoms with E-state index in [0.717, 1.165) is 21.4 Å². The Morgan fingerprint density at radius 2 is 1.61 bits per heavy atom. The van der Waals surface area contributed by atoms with Gasteiger partial charge in [-0.1, -0.05) is 73.7 Å². The lowest BCUT2D eigenvalue weighted by molar-refractivity contribution is -0.134. The lowest BCUT2D eigenvalue weighted by Gasteiger charge is -2.27. The van der Waals surface area contributed by atoms with E-state index in [0.29, 0.717) is 18.5 Å². The topological polar surface area (TPSA) is 69.7 Å². The number of rotatable bonds is 6. The Hall–Kier alpha value is -3.67. The molecule has 6 heteroatoms. The number of nitrogens with one attached hydrogen (secondary N) is 1. The van der Waals surface area contributed by atoms with Crippen LogP contribution in [0.25, 0.3) is 10.8 Å². The van der Waals surface area contributed by atoms with Gasteiger partial charge in [0.1, 0.15) is 12.1 Å². The van der Waals surface area contributed by atoms with E-state index in [1.54, 1.807) is 4.90 Å². The van der Waals surface area contributed by atoms with Gasteiger partial charge in [0.05, 0.1) is 5.69 Å². The Morgan fingerprint density at radius 1 is 0.935 bits per heavy atom. The van der Waals surface area contributed by atoms with Crippen LogP contribution >= 0.6 is 0 Å². The summed E-state index contributed by atoms with van der Waals surface area (Å²) in [5, 5.41) is 4.80. The van der Waals surface area contributed by atoms with Crippen LogP contribution in [0.5, 0.6) is 0 Å². The second-order valence-electron chi connectivity index (χ2n) is 7.58. The highest BCUT2D eigenvalue weighted by Crippen LogP contribution is 2.33. The molecule has 1 saturated heterocycles. The molecule has 0 aliphatic carbocycles. The normalized spacial score (nSPS) is 18.3. The Balaban J connectivity index is 1.63. The van der Waals surface area contributed by atoms with E-state index in [4.69, 9.17) is 0 Å². The van der Waals surface area contributed by atoms with Crippen LogP contribution in [-0.2, 0) is 15.1 Å². The van der Waals surface area contributed by atoms with Crippen molar-refractivity contribution < 1.29 is 14.4 Å². The second kappa shape index (κ2) is 8.22. The van der Waals surface area contributed by atoms with Gasteiger partial charge in [-0.3, -0.25) is 14.5 Å². The molecule has 1 aliphatic rings. The highest BCUT2D eigenvalue weighted by molar-refractivity contribution is 6.12. The maximum atomic E-state index is 13.3. The number of carbonyl (C=O) groups is 3. The van der Waals surface area contributed by atoms with Gasteiger partial charge >= 0.3 is 6.03 Å². The number of hydrogen-bond acceptors (Lipinski definition) is 3. The summed E-state index contributed by atoms with van der Waals surface area (Å²) in [6, 6.07) is 22.2. The lowest BCUT2D eigenvalue weighted by Crippen LogP contribution is -2.45. The van der Waals surface area contributed by atoms with Gasteiger partial charge in [0.25, 0.3) is 5.91 Å². The molecular weight excluding hydrogens is 390 g/mol. The summed E-state index contributed by atoms with van der Waals surface area (Å²) in [5.74, 6) is -0.698. The molecule has 6 nitrogen and oxygen atoms in total. The van der Waals surface area contributed by atoms with Gasteiger partial charge in [0, 0.05) is 11.9 Å². The molecule has 4 rings (SSSR count). The van der Waals surface area contributed by atoms with Gasteiger partial charge in [-0.05, 0) is 30.4 Å².